The first kappa shape index (κ1) is 19.7. The number of guanidine groups is 1. The van der Waals surface area contributed by atoms with Crippen LogP contribution in [0, 0.1) is 5.92 Å². The predicted octanol–water partition coefficient (Wildman–Crippen LogP) is 2.60. The van der Waals surface area contributed by atoms with Gasteiger partial charge in [-0.05, 0) is 45.2 Å². The molecule has 1 aliphatic heterocycles. The van der Waals surface area contributed by atoms with Crippen molar-refractivity contribution in [3.05, 3.63) is 12.2 Å². The first-order valence-electron chi connectivity index (χ1n) is 7.41. The Labute approximate surface area is 141 Å². The van der Waals surface area contributed by atoms with Crippen LogP contribution in [-0.4, -0.2) is 43.1 Å². The zero-order chi connectivity index (χ0) is 14.3. The van der Waals surface area contributed by atoms with Crippen LogP contribution in [0.2, 0.25) is 0 Å². The molecule has 0 spiro atoms. The summed E-state index contributed by atoms with van der Waals surface area (Å²) < 4.78 is 0. The molecule has 0 aromatic rings. The van der Waals surface area contributed by atoms with Gasteiger partial charge in [-0.1, -0.05) is 26.0 Å². The van der Waals surface area contributed by atoms with Crippen molar-refractivity contribution in [3.63, 3.8) is 0 Å². The molecule has 0 saturated carbocycles. The summed E-state index contributed by atoms with van der Waals surface area (Å²) in [6.45, 7) is 14.3. The fraction of sp³-hybridized carbons (Fsp3) is 0.800. The van der Waals surface area contributed by atoms with Crippen LogP contribution in [0.15, 0.2) is 17.1 Å². The van der Waals surface area contributed by atoms with Gasteiger partial charge in [0.05, 0.1) is 6.54 Å². The lowest BCUT2D eigenvalue weighted by atomic mass is 10.0. The minimum absolute atomic E-state index is 0. The van der Waals surface area contributed by atoms with E-state index in [4.69, 9.17) is 5.73 Å². The minimum Gasteiger partial charge on any atom is -0.370 e. The molecule has 0 aromatic heterocycles. The van der Waals surface area contributed by atoms with Crippen LogP contribution in [0.25, 0.3) is 0 Å². The quantitative estimate of drug-likeness (QED) is 0.302. The van der Waals surface area contributed by atoms with Gasteiger partial charge in [-0.3, -0.25) is 9.89 Å². The zero-order valence-electron chi connectivity index (χ0n) is 13.2. The number of halogens is 1. The molecule has 1 saturated heterocycles. The summed E-state index contributed by atoms with van der Waals surface area (Å²) in [5.74, 6) is 1.24. The van der Waals surface area contributed by atoms with Crippen molar-refractivity contribution in [3.8, 4) is 0 Å². The van der Waals surface area contributed by atoms with Crippen molar-refractivity contribution in [2.45, 2.75) is 46.1 Å². The van der Waals surface area contributed by atoms with Crippen LogP contribution < -0.4 is 11.1 Å². The molecule has 1 fully saturated rings. The van der Waals surface area contributed by atoms with E-state index in [9.17, 15) is 0 Å². The first-order chi connectivity index (χ1) is 8.99. The smallest absolute Gasteiger partial charge is 0.188 e. The number of hydrogen-bond donors (Lipinski definition) is 2. The minimum atomic E-state index is 0. The maximum absolute atomic E-state index is 5.88. The van der Waals surface area contributed by atoms with E-state index in [0.29, 0.717) is 24.5 Å². The molecule has 3 N–H and O–H groups in total. The van der Waals surface area contributed by atoms with Crippen LogP contribution in [0.1, 0.15) is 40.0 Å². The fourth-order valence-corrected chi connectivity index (χ4v) is 2.49. The Morgan fingerprint density at radius 1 is 1.35 bits per heavy atom. The van der Waals surface area contributed by atoms with Crippen molar-refractivity contribution in [2.75, 3.05) is 26.2 Å². The van der Waals surface area contributed by atoms with E-state index < -0.39 is 0 Å². The van der Waals surface area contributed by atoms with Gasteiger partial charge in [-0.25, -0.2) is 0 Å². The van der Waals surface area contributed by atoms with E-state index in [-0.39, 0.29) is 24.0 Å². The van der Waals surface area contributed by atoms with Crippen LogP contribution >= 0.6 is 24.0 Å². The Morgan fingerprint density at radius 2 is 1.95 bits per heavy atom. The largest absolute Gasteiger partial charge is 0.370 e. The van der Waals surface area contributed by atoms with Crippen LogP contribution in [-0.2, 0) is 0 Å². The summed E-state index contributed by atoms with van der Waals surface area (Å²) in [5, 5.41) is 3.09. The number of hydrogen-bond acceptors (Lipinski definition) is 2. The van der Waals surface area contributed by atoms with Crippen molar-refractivity contribution in [2.24, 2.45) is 16.6 Å². The molecule has 0 aromatic carbocycles. The third-order valence-electron chi connectivity index (χ3n) is 3.44. The summed E-state index contributed by atoms with van der Waals surface area (Å²) in [6.07, 6.45) is 3.83. The summed E-state index contributed by atoms with van der Waals surface area (Å²) in [6, 6.07) is 0.535. The number of rotatable bonds is 7. The average Bonchev–Trinajstić information content (AvgIpc) is 2.85. The topological polar surface area (TPSA) is 53.6 Å². The lowest BCUT2D eigenvalue weighted by Crippen LogP contribution is -2.38. The van der Waals surface area contributed by atoms with Crippen molar-refractivity contribution in [1.29, 1.82) is 0 Å². The first-order valence-corrected chi connectivity index (χ1v) is 7.41. The molecule has 5 heteroatoms. The van der Waals surface area contributed by atoms with Gasteiger partial charge in [0.1, 0.15) is 0 Å². The van der Waals surface area contributed by atoms with Crippen molar-refractivity contribution >= 4 is 29.9 Å². The Morgan fingerprint density at radius 3 is 2.45 bits per heavy atom. The third-order valence-corrected chi connectivity index (χ3v) is 3.44. The van der Waals surface area contributed by atoms with Gasteiger partial charge >= 0.3 is 0 Å². The van der Waals surface area contributed by atoms with Crippen LogP contribution in [0.5, 0.6) is 0 Å². The molecule has 1 aliphatic rings. The van der Waals surface area contributed by atoms with E-state index in [2.05, 4.69) is 35.6 Å². The molecule has 0 aliphatic carbocycles. The molecule has 0 radical (unpaired) electrons. The van der Waals surface area contributed by atoms with E-state index in [0.717, 1.165) is 12.1 Å². The number of nitrogens with two attached hydrogens (primary N) is 1. The molecule has 1 heterocycles. The molecule has 118 valence electrons. The third kappa shape index (κ3) is 8.09. The van der Waals surface area contributed by atoms with E-state index >= 15 is 0 Å². The van der Waals surface area contributed by atoms with Gasteiger partial charge in [0.15, 0.2) is 5.96 Å². The second-order valence-electron chi connectivity index (χ2n) is 6.06. The highest BCUT2D eigenvalue weighted by Crippen LogP contribution is 2.17. The van der Waals surface area contributed by atoms with Crippen molar-refractivity contribution < 1.29 is 0 Å². The van der Waals surface area contributed by atoms with Gasteiger partial charge in [0.25, 0.3) is 0 Å². The average molecular weight is 394 g/mol. The molecule has 1 unspecified atom stereocenters. The Bertz CT molecular complexity index is 309. The highest BCUT2D eigenvalue weighted by atomic mass is 127. The molecular formula is C15H31IN4. The number of nitrogens with one attached hydrogen (secondary N) is 1. The molecule has 0 amide bonds. The second kappa shape index (κ2) is 10.4. The molecule has 1 atom stereocenters. The van der Waals surface area contributed by atoms with Crippen LogP contribution in [0.4, 0.5) is 0 Å². The van der Waals surface area contributed by atoms with Gasteiger partial charge in [-0.2, -0.15) is 0 Å². The Balaban J connectivity index is 0.00000361. The molecule has 1 rings (SSSR count). The van der Waals surface area contributed by atoms with Gasteiger partial charge < -0.3 is 11.1 Å². The van der Waals surface area contributed by atoms with Gasteiger partial charge in [-0.15, -0.1) is 24.0 Å². The molecule has 4 nitrogen and oxygen atoms in total. The van der Waals surface area contributed by atoms with Gasteiger partial charge in [0.2, 0.25) is 0 Å². The van der Waals surface area contributed by atoms with E-state index in [1.165, 1.54) is 32.4 Å². The SMILES string of the molecule is C=C(C)CNC(N)=NCC(CC(C)C)N1CCCC1.I. The highest BCUT2D eigenvalue weighted by Gasteiger charge is 2.22. The predicted molar refractivity (Wildman–Crippen MR) is 98.8 cm³/mol. The second-order valence-corrected chi connectivity index (χ2v) is 6.06. The fourth-order valence-electron chi connectivity index (χ4n) is 2.49. The maximum atomic E-state index is 5.88. The molecule has 20 heavy (non-hydrogen) atoms. The summed E-state index contributed by atoms with van der Waals surface area (Å²) in [4.78, 5) is 7.06. The van der Waals surface area contributed by atoms with Crippen LogP contribution in [0.3, 0.4) is 0 Å². The zero-order valence-corrected chi connectivity index (χ0v) is 15.5. The molecular weight excluding hydrogens is 363 g/mol. The Hall–Kier alpha value is -0.300. The summed E-state index contributed by atoms with van der Waals surface area (Å²) in [7, 11) is 0. The summed E-state index contributed by atoms with van der Waals surface area (Å²) in [5.41, 5.74) is 6.95. The van der Waals surface area contributed by atoms with Crippen molar-refractivity contribution in [1.82, 2.24) is 10.2 Å². The number of nitrogens with zero attached hydrogens (tertiary/aromatic N) is 2. The number of likely N-dealkylation sites (tertiary alicyclic amines) is 1. The number of aliphatic imine (C=N–C) groups is 1. The summed E-state index contributed by atoms with van der Waals surface area (Å²) >= 11 is 0. The van der Waals surface area contributed by atoms with E-state index in [1.807, 2.05) is 6.92 Å². The Kier molecular flexibility index (Phi) is 10.3. The monoisotopic (exact) mass is 394 g/mol. The maximum Gasteiger partial charge on any atom is 0.188 e. The lowest BCUT2D eigenvalue weighted by molar-refractivity contribution is 0.218. The lowest BCUT2D eigenvalue weighted by Gasteiger charge is -2.27. The van der Waals surface area contributed by atoms with Gasteiger partial charge in [0, 0.05) is 12.6 Å². The molecule has 0 bridgehead atoms. The standard InChI is InChI=1S/C15H30N4.HI/c1-12(2)9-14(19-7-5-6-8-19)11-18-15(16)17-10-13(3)4;/h12,14H,3,5-11H2,1-2,4H3,(H3,16,17,18);1H. The highest BCUT2D eigenvalue weighted by molar-refractivity contribution is 14.0. The normalized spacial score (nSPS) is 17.9. The van der Waals surface area contributed by atoms with E-state index in [1.54, 1.807) is 0 Å².